The van der Waals surface area contributed by atoms with Crippen molar-refractivity contribution in [3.63, 3.8) is 0 Å². The van der Waals surface area contributed by atoms with E-state index in [0.29, 0.717) is 5.69 Å². The first-order chi connectivity index (χ1) is 15.4. The van der Waals surface area contributed by atoms with Gasteiger partial charge in [0.05, 0.1) is 11.9 Å². The highest BCUT2D eigenvalue weighted by molar-refractivity contribution is 14.1. The Morgan fingerprint density at radius 2 is 1.73 bits per heavy atom. The average molecular weight is 586 g/mol. The van der Waals surface area contributed by atoms with E-state index in [0.717, 1.165) is 31.7 Å². The molecular weight excluding hydrogens is 553 g/mol. The van der Waals surface area contributed by atoms with Crippen LogP contribution in [0.5, 0.6) is 0 Å². The van der Waals surface area contributed by atoms with Crippen LogP contribution in [0.3, 0.4) is 0 Å². The molecule has 0 fully saturated rings. The number of hydrogen-bond acceptors (Lipinski definition) is 4. The zero-order chi connectivity index (χ0) is 24.8. The summed E-state index contributed by atoms with van der Waals surface area (Å²) in [5.41, 5.74) is 2.30. The maximum atomic E-state index is 13.5. The summed E-state index contributed by atoms with van der Waals surface area (Å²) in [5.74, 6) is -0.724. The van der Waals surface area contributed by atoms with Crippen LogP contribution in [0.25, 0.3) is 0 Å². The summed E-state index contributed by atoms with van der Waals surface area (Å²) < 4.78 is 27.1. The van der Waals surface area contributed by atoms with E-state index in [2.05, 4.69) is 27.9 Å². The van der Waals surface area contributed by atoms with Gasteiger partial charge >= 0.3 is 0 Å². The number of halogens is 1. The summed E-state index contributed by atoms with van der Waals surface area (Å²) in [5, 5.41) is 2.92. The Balaban J connectivity index is 2.37. The molecule has 0 saturated carbocycles. The van der Waals surface area contributed by atoms with Crippen LogP contribution in [0.2, 0.25) is 0 Å². The molecule has 2 aromatic carbocycles. The SMILES string of the molecule is CC[C@@H](C)NC(=O)[C@H](C)N(Cc1cccc(C)c1)C(=O)CN(c1ccc(I)cc1)S(C)(=O)=O. The van der Waals surface area contributed by atoms with Crippen LogP contribution in [-0.2, 0) is 26.2 Å². The molecule has 0 spiro atoms. The fraction of sp³-hybridized carbons (Fsp3) is 0.417. The Labute approximate surface area is 210 Å². The summed E-state index contributed by atoms with van der Waals surface area (Å²) in [6.07, 6.45) is 1.83. The molecule has 0 aliphatic carbocycles. The van der Waals surface area contributed by atoms with Gasteiger partial charge in [-0.2, -0.15) is 0 Å². The number of nitrogens with zero attached hydrogens (tertiary/aromatic N) is 2. The zero-order valence-corrected chi connectivity index (χ0v) is 22.7. The maximum absolute atomic E-state index is 13.5. The molecule has 2 atom stereocenters. The Bertz CT molecular complexity index is 1070. The van der Waals surface area contributed by atoms with Gasteiger partial charge in [-0.05, 0) is 79.6 Å². The highest BCUT2D eigenvalue weighted by Gasteiger charge is 2.30. The molecule has 33 heavy (non-hydrogen) atoms. The lowest BCUT2D eigenvalue weighted by Gasteiger charge is -2.32. The van der Waals surface area contributed by atoms with Crippen molar-refractivity contribution in [1.29, 1.82) is 0 Å². The van der Waals surface area contributed by atoms with Gasteiger partial charge in [-0.15, -0.1) is 0 Å². The molecule has 0 bridgehead atoms. The van der Waals surface area contributed by atoms with Crippen molar-refractivity contribution < 1.29 is 18.0 Å². The first-order valence-electron chi connectivity index (χ1n) is 10.8. The fourth-order valence-corrected chi connectivity index (χ4v) is 4.49. The average Bonchev–Trinajstić information content (AvgIpc) is 2.75. The molecule has 0 aliphatic heterocycles. The van der Waals surface area contributed by atoms with Gasteiger partial charge in [0.2, 0.25) is 21.8 Å². The van der Waals surface area contributed by atoms with Crippen LogP contribution < -0.4 is 9.62 Å². The smallest absolute Gasteiger partial charge is 0.244 e. The number of carbonyl (C=O) groups excluding carboxylic acids is 2. The van der Waals surface area contributed by atoms with Crippen molar-refractivity contribution in [3.05, 3.63) is 63.2 Å². The van der Waals surface area contributed by atoms with Crippen molar-refractivity contribution in [2.45, 2.75) is 52.7 Å². The van der Waals surface area contributed by atoms with Gasteiger partial charge in [0, 0.05) is 16.2 Å². The second-order valence-electron chi connectivity index (χ2n) is 8.25. The molecule has 0 saturated heterocycles. The van der Waals surface area contributed by atoms with E-state index >= 15 is 0 Å². The van der Waals surface area contributed by atoms with Gasteiger partial charge in [0.1, 0.15) is 12.6 Å². The summed E-state index contributed by atoms with van der Waals surface area (Å²) in [6, 6.07) is 13.8. The number of aryl methyl sites for hydroxylation is 1. The van der Waals surface area contributed by atoms with Gasteiger partial charge in [-0.3, -0.25) is 13.9 Å². The predicted octanol–water partition coefficient (Wildman–Crippen LogP) is 3.70. The Kier molecular flexibility index (Phi) is 9.71. The lowest BCUT2D eigenvalue weighted by Crippen LogP contribution is -2.52. The van der Waals surface area contributed by atoms with Gasteiger partial charge in [0.15, 0.2) is 0 Å². The molecule has 2 rings (SSSR count). The lowest BCUT2D eigenvalue weighted by atomic mass is 10.1. The van der Waals surface area contributed by atoms with Crippen molar-refractivity contribution in [2.24, 2.45) is 0 Å². The standard InChI is InChI=1S/C24H32IN3O4S/c1-6-18(3)26-24(30)19(4)27(15-20-9-7-8-17(2)14-20)23(29)16-28(33(5,31)32)22-12-10-21(25)11-13-22/h7-14,18-19H,6,15-16H2,1-5H3,(H,26,30)/t18-,19+/m1/s1. The number of nitrogens with one attached hydrogen (secondary N) is 1. The van der Waals surface area contributed by atoms with Gasteiger partial charge in [0.25, 0.3) is 0 Å². The van der Waals surface area contributed by atoms with Crippen molar-refractivity contribution in [2.75, 3.05) is 17.1 Å². The van der Waals surface area contributed by atoms with Crippen LogP contribution in [0.4, 0.5) is 5.69 Å². The molecule has 2 aromatic rings. The predicted molar refractivity (Wildman–Crippen MR) is 140 cm³/mol. The number of hydrogen-bond donors (Lipinski definition) is 1. The number of carbonyl (C=O) groups is 2. The molecule has 0 aliphatic rings. The molecule has 7 nitrogen and oxygen atoms in total. The molecule has 0 heterocycles. The molecule has 0 radical (unpaired) electrons. The van der Waals surface area contributed by atoms with Crippen LogP contribution >= 0.6 is 22.6 Å². The zero-order valence-electron chi connectivity index (χ0n) is 19.7. The quantitative estimate of drug-likeness (QED) is 0.431. The first kappa shape index (κ1) is 27.1. The number of amides is 2. The summed E-state index contributed by atoms with van der Waals surface area (Å²) in [6.45, 7) is 7.29. The van der Waals surface area contributed by atoms with E-state index in [1.807, 2.05) is 45.0 Å². The van der Waals surface area contributed by atoms with Gasteiger partial charge in [-0.25, -0.2) is 8.42 Å². The molecular formula is C24H32IN3O4S. The van der Waals surface area contributed by atoms with Gasteiger partial charge < -0.3 is 10.2 Å². The van der Waals surface area contributed by atoms with Crippen LogP contribution in [-0.4, -0.2) is 50.0 Å². The third-order valence-corrected chi connectivity index (χ3v) is 7.26. The summed E-state index contributed by atoms with van der Waals surface area (Å²) in [7, 11) is -3.73. The summed E-state index contributed by atoms with van der Waals surface area (Å²) in [4.78, 5) is 27.8. The van der Waals surface area contributed by atoms with Crippen molar-refractivity contribution in [1.82, 2.24) is 10.2 Å². The lowest BCUT2D eigenvalue weighted by molar-refractivity contribution is -0.139. The molecule has 1 N–H and O–H groups in total. The molecule has 0 aromatic heterocycles. The highest BCUT2D eigenvalue weighted by atomic mass is 127. The molecule has 180 valence electrons. The van der Waals surface area contributed by atoms with Crippen molar-refractivity contribution >= 4 is 50.1 Å². The topological polar surface area (TPSA) is 86.8 Å². The molecule has 2 amide bonds. The minimum Gasteiger partial charge on any atom is -0.352 e. The molecule has 9 heteroatoms. The first-order valence-corrected chi connectivity index (χ1v) is 13.7. The van der Waals surface area contributed by atoms with Crippen LogP contribution in [0.1, 0.15) is 38.3 Å². The Morgan fingerprint density at radius 3 is 2.27 bits per heavy atom. The van der Waals surface area contributed by atoms with Crippen LogP contribution in [0.15, 0.2) is 48.5 Å². The van der Waals surface area contributed by atoms with Crippen LogP contribution in [0, 0.1) is 10.5 Å². The third-order valence-electron chi connectivity index (χ3n) is 5.40. The monoisotopic (exact) mass is 585 g/mol. The van der Waals surface area contributed by atoms with E-state index in [1.54, 1.807) is 31.2 Å². The number of rotatable bonds is 10. The Hall–Kier alpha value is -2.14. The number of sulfonamides is 1. The molecule has 0 unspecified atom stereocenters. The number of anilines is 1. The van der Waals surface area contributed by atoms with E-state index in [9.17, 15) is 18.0 Å². The fourth-order valence-electron chi connectivity index (χ4n) is 3.28. The largest absolute Gasteiger partial charge is 0.352 e. The normalized spacial score (nSPS) is 13.2. The summed E-state index contributed by atoms with van der Waals surface area (Å²) >= 11 is 2.13. The minimum atomic E-state index is -3.73. The maximum Gasteiger partial charge on any atom is 0.244 e. The van der Waals surface area contributed by atoms with E-state index in [-0.39, 0.29) is 18.5 Å². The van der Waals surface area contributed by atoms with Gasteiger partial charge in [-0.1, -0.05) is 36.8 Å². The minimum absolute atomic E-state index is 0.0322. The third kappa shape index (κ3) is 7.99. The van der Waals surface area contributed by atoms with Crippen molar-refractivity contribution in [3.8, 4) is 0 Å². The van der Waals surface area contributed by atoms with E-state index in [1.165, 1.54) is 4.90 Å². The highest BCUT2D eigenvalue weighted by Crippen LogP contribution is 2.20. The second-order valence-corrected chi connectivity index (χ2v) is 11.4. The number of benzene rings is 2. The Morgan fingerprint density at radius 1 is 1.09 bits per heavy atom. The second kappa shape index (κ2) is 11.8. The van der Waals surface area contributed by atoms with E-state index < -0.39 is 28.5 Å². The van der Waals surface area contributed by atoms with E-state index in [4.69, 9.17) is 0 Å².